The Balaban J connectivity index is 2.26. The van der Waals surface area contributed by atoms with Gasteiger partial charge in [-0.05, 0) is 42.4 Å². The molecule has 0 aliphatic rings. The second-order valence-corrected chi connectivity index (χ2v) is 5.27. The Morgan fingerprint density at radius 3 is 1.68 bits per heavy atom. The van der Waals surface area contributed by atoms with Crippen molar-refractivity contribution in [3.8, 4) is 0 Å². The van der Waals surface area contributed by atoms with Gasteiger partial charge in [-0.15, -0.1) is 0 Å². The van der Waals surface area contributed by atoms with Crippen LogP contribution < -0.4 is 11.1 Å². The highest BCUT2D eigenvalue weighted by Crippen LogP contribution is 2.28. The van der Waals surface area contributed by atoms with Gasteiger partial charge in [0, 0.05) is 16.1 Å². The minimum absolute atomic E-state index is 0.0263. The van der Waals surface area contributed by atoms with E-state index in [9.17, 15) is 0 Å². The highest BCUT2D eigenvalue weighted by Gasteiger charge is 2.19. The topological polar surface area (TPSA) is 38.0 Å². The van der Waals surface area contributed by atoms with Gasteiger partial charge in [0.2, 0.25) is 0 Å². The average molecular weight is 295 g/mol. The van der Waals surface area contributed by atoms with Crippen molar-refractivity contribution in [1.82, 2.24) is 5.32 Å². The molecule has 0 heterocycles. The quantitative estimate of drug-likeness (QED) is 0.896. The van der Waals surface area contributed by atoms with Crippen molar-refractivity contribution in [3.05, 3.63) is 69.7 Å². The van der Waals surface area contributed by atoms with E-state index in [1.807, 2.05) is 55.6 Å². The van der Waals surface area contributed by atoms with Crippen LogP contribution in [0.5, 0.6) is 0 Å². The number of benzene rings is 2. The number of hydrogen-bond donors (Lipinski definition) is 2. The molecule has 0 radical (unpaired) electrons. The van der Waals surface area contributed by atoms with E-state index >= 15 is 0 Å². The summed E-state index contributed by atoms with van der Waals surface area (Å²) in [6, 6.07) is 15.2. The molecule has 2 aromatic rings. The first kappa shape index (κ1) is 14.4. The third-order valence-electron chi connectivity index (χ3n) is 3.15. The fraction of sp³-hybridized carbons (Fsp3) is 0.200. The average Bonchev–Trinajstić information content (AvgIpc) is 2.42. The SMILES string of the molecule is CN[C@@H](c1ccc(Cl)cc1)[C@H](N)c1ccc(Cl)cc1. The maximum absolute atomic E-state index is 6.33. The van der Waals surface area contributed by atoms with E-state index in [0.717, 1.165) is 16.1 Å². The molecule has 0 amide bonds. The molecule has 4 heteroatoms. The Bertz CT molecular complexity index is 523. The number of likely N-dealkylation sites (N-methyl/N-ethyl adjacent to an activating group) is 1. The molecule has 0 spiro atoms. The summed E-state index contributed by atoms with van der Waals surface area (Å²) in [6.45, 7) is 0. The molecular formula is C15H16Cl2N2. The lowest BCUT2D eigenvalue weighted by Gasteiger charge is -2.24. The summed E-state index contributed by atoms with van der Waals surface area (Å²) in [5, 5.41) is 4.68. The first-order valence-electron chi connectivity index (χ1n) is 6.05. The molecule has 2 aromatic carbocycles. The maximum Gasteiger partial charge on any atom is 0.0513 e. The smallest absolute Gasteiger partial charge is 0.0513 e. The van der Waals surface area contributed by atoms with Gasteiger partial charge < -0.3 is 11.1 Å². The van der Waals surface area contributed by atoms with Gasteiger partial charge in [0.25, 0.3) is 0 Å². The first-order chi connectivity index (χ1) is 9.11. The summed E-state index contributed by atoms with van der Waals surface area (Å²) < 4.78 is 0. The van der Waals surface area contributed by atoms with Crippen LogP contribution in [0.25, 0.3) is 0 Å². The Kier molecular flexibility index (Phi) is 4.83. The van der Waals surface area contributed by atoms with Crippen LogP contribution in [-0.2, 0) is 0 Å². The molecule has 100 valence electrons. The van der Waals surface area contributed by atoms with Crippen molar-refractivity contribution in [1.29, 1.82) is 0 Å². The molecule has 2 nitrogen and oxygen atoms in total. The molecule has 3 N–H and O–H groups in total. The predicted octanol–water partition coefficient (Wildman–Crippen LogP) is 3.95. The first-order valence-corrected chi connectivity index (χ1v) is 6.81. The van der Waals surface area contributed by atoms with E-state index in [1.165, 1.54) is 0 Å². The van der Waals surface area contributed by atoms with Crippen LogP contribution in [0.2, 0.25) is 10.0 Å². The van der Waals surface area contributed by atoms with Crippen molar-refractivity contribution in [2.24, 2.45) is 5.73 Å². The fourth-order valence-electron chi connectivity index (χ4n) is 2.10. The van der Waals surface area contributed by atoms with Gasteiger partial charge in [-0.1, -0.05) is 47.5 Å². The summed E-state index contributed by atoms with van der Waals surface area (Å²) >= 11 is 11.8. The Morgan fingerprint density at radius 1 is 0.842 bits per heavy atom. The van der Waals surface area contributed by atoms with Crippen molar-refractivity contribution >= 4 is 23.2 Å². The zero-order chi connectivity index (χ0) is 13.8. The van der Waals surface area contributed by atoms with Gasteiger partial charge in [0.05, 0.1) is 6.04 Å². The van der Waals surface area contributed by atoms with Crippen molar-refractivity contribution in [2.75, 3.05) is 7.05 Å². The lowest BCUT2D eigenvalue weighted by molar-refractivity contribution is 0.491. The van der Waals surface area contributed by atoms with Crippen LogP contribution in [0.1, 0.15) is 23.2 Å². The van der Waals surface area contributed by atoms with Gasteiger partial charge in [-0.2, -0.15) is 0 Å². The molecule has 0 saturated heterocycles. The molecule has 0 saturated carbocycles. The van der Waals surface area contributed by atoms with Gasteiger partial charge in [0.1, 0.15) is 0 Å². The van der Waals surface area contributed by atoms with Crippen LogP contribution in [0.4, 0.5) is 0 Å². The zero-order valence-electron chi connectivity index (χ0n) is 10.6. The molecule has 0 aliphatic carbocycles. The third kappa shape index (κ3) is 3.48. The maximum atomic E-state index is 6.33. The summed E-state index contributed by atoms with van der Waals surface area (Å²) in [5.74, 6) is 0. The van der Waals surface area contributed by atoms with Gasteiger partial charge in [0.15, 0.2) is 0 Å². The van der Waals surface area contributed by atoms with E-state index in [1.54, 1.807) is 0 Å². The van der Waals surface area contributed by atoms with Crippen molar-refractivity contribution < 1.29 is 0 Å². The van der Waals surface area contributed by atoms with Crippen LogP contribution in [-0.4, -0.2) is 7.05 Å². The van der Waals surface area contributed by atoms with Crippen LogP contribution in [0.3, 0.4) is 0 Å². The van der Waals surface area contributed by atoms with Gasteiger partial charge in [-0.25, -0.2) is 0 Å². The Labute approximate surface area is 123 Å². The number of halogens is 2. The summed E-state index contributed by atoms with van der Waals surface area (Å²) in [4.78, 5) is 0. The minimum Gasteiger partial charge on any atom is -0.322 e. The molecule has 2 rings (SSSR count). The van der Waals surface area contributed by atoms with Gasteiger partial charge in [-0.3, -0.25) is 0 Å². The second-order valence-electron chi connectivity index (χ2n) is 4.40. The molecule has 0 aliphatic heterocycles. The molecule has 0 aromatic heterocycles. The van der Waals surface area contributed by atoms with E-state index in [0.29, 0.717) is 5.02 Å². The molecule has 19 heavy (non-hydrogen) atoms. The molecule has 0 unspecified atom stereocenters. The Hall–Kier alpha value is -1.06. The van der Waals surface area contributed by atoms with E-state index in [-0.39, 0.29) is 12.1 Å². The van der Waals surface area contributed by atoms with E-state index in [4.69, 9.17) is 28.9 Å². The number of rotatable bonds is 4. The fourth-order valence-corrected chi connectivity index (χ4v) is 2.35. The van der Waals surface area contributed by atoms with Crippen molar-refractivity contribution in [3.63, 3.8) is 0 Å². The van der Waals surface area contributed by atoms with Crippen LogP contribution in [0, 0.1) is 0 Å². The van der Waals surface area contributed by atoms with Gasteiger partial charge >= 0.3 is 0 Å². The minimum atomic E-state index is -0.150. The Morgan fingerprint density at radius 2 is 1.26 bits per heavy atom. The predicted molar refractivity (Wildman–Crippen MR) is 81.6 cm³/mol. The molecular weight excluding hydrogens is 279 g/mol. The highest BCUT2D eigenvalue weighted by atomic mass is 35.5. The largest absolute Gasteiger partial charge is 0.322 e. The summed E-state index contributed by atoms with van der Waals surface area (Å²) in [5.41, 5.74) is 8.48. The summed E-state index contributed by atoms with van der Waals surface area (Å²) in [6.07, 6.45) is 0. The van der Waals surface area contributed by atoms with E-state index < -0.39 is 0 Å². The number of nitrogens with one attached hydrogen (secondary N) is 1. The second kappa shape index (κ2) is 6.40. The van der Waals surface area contributed by atoms with E-state index in [2.05, 4.69) is 5.32 Å². The van der Waals surface area contributed by atoms with Crippen molar-refractivity contribution in [2.45, 2.75) is 12.1 Å². The van der Waals surface area contributed by atoms with Crippen LogP contribution in [0.15, 0.2) is 48.5 Å². The molecule has 0 fully saturated rings. The van der Waals surface area contributed by atoms with Crippen LogP contribution >= 0.6 is 23.2 Å². The monoisotopic (exact) mass is 294 g/mol. The lowest BCUT2D eigenvalue weighted by Crippen LogP contribution is -2.29. The normalized spacial score (nSPS) is 14.1. The highest BCUT2D eigenvalue weighted by molar-refractivity contribution is 6.30. The molecule has 0 bridgehead atoms. The summed E-state index contributed by atoms with van der Waals surface area (Å²) in [7, 11) is 1.90. The standard InChI is InChI=1S/C15H16Cl2N2/c1-19-15(11-4-8-13(17)9-5-11)14(18)10-2-6-12(16)7-3-10/h2-9,14-15,19H,18H2,1H3/t14-,15+/m1/s1. The third-order valence-corrected chi connectivity index (χ3v) is 3.66. The molecule has 2 atom stereocenters. The lowest BCUT2D eigenvalue weighted by atomic mass is 9.94. The number of nitrogens with two attached hydrogens (primary N) is 1. The number of hydrogen-bond acceptors (Lipinski definition) is 2. The zero-order valence-corrected chi connectivity index (χ0v) is 12.1.